The Morgan fingerprint density at radius 1 is 1.32 bits per heavy atom. The Balaban J connectivity index is 2.07. The number of para-hydroxylation sites is 1. The molecular weight excluding hydrogens is 318 g/mol. The van der Waals surface area contributed by atoms with Crippen molar-refractivity contribution in [2.24, 2.45) is 0 Å². The SMILES string of the molecule is CCCCN(C)c1ncnc(N2CCCc3ccccc32)c1[N+](=O)[O-]. The average molecular weight is 341 g/mol. The topological polar surface area (TPSA) is 75.4 Å². The molecule has 0 amide bonds. The lowest BCUT2D eigenvalue weighted by Gasteiger charge is -2.30. The van der Waals surface area contributed by atoms with Gasteiger partial charge in [-0.1, -0.05) is 31.5 Å². The number of hydrogen-bond acceptors (Lipinski definition) is 6. The fourth-order valence-electron chi connectivity index (χ4n) is 3.26. The van der Waals surface area contributed by atoms with Crippen LogP contribution < -0.4 is 9.80 Å². The Hall–Kier alpha value is -2.70. The second kappa shape index (κ2) is 7.46. The molecular formula is C18H23N5O2. The van der Waals surface area contributed by atoms with Gasteiger partial charge in [-0.25, -0.2) is 9.97 Å². The summed E-state index contributed by atoms with van der Waals surface area (Å²) in [5, 5.41) is 11.8. The third-order valence-corrected chi connectivity index (χ3v) is 4.54. The molecule has 1 aliphatic heterocycles. The van der Waals surface area contributed by atoms with Crippen LogP contribution in [-0.2, 0) is 6.42 Å². The summed E-state index contributed by atoms with van der Waals surface area (Å²) < 4.78 is 0. The second-order valence-electron chi connectivity index (χ2n) is 6.29. The molecule has 0 aliphatic carbocycles. The molecule has 0 bridgehead atoms. The number of hydrogen-bond donors (Lipinski definition) is 0. The highest BCUT2D eigenvalue weighted by molar-refractivity contribution is 5.77. The molecule has 0 saturated heterocycles. The van der Waals surface area contributed by atoms with Gasteiger partial charge in [-0.15, -0.1) is 0 Å². The van der Waals surface area contributed by atoms with Crippen molar-refractivity contribution in [1.29, 1.82) is 0 Å². The molecule has 0 atom stereocenters. The van der Waals surface area contributed by atoms with Gasteiger partial charge in [-0.05, 0) is 30.9 Å². The molecule has 2 aromatic rings. The fourth-order valence-corrected chi connectivity index (χ4v) is 3.26. The predicted molar refractivity (Wildman–Crippen MR) is 98.6 cm³/mol. The highest BCUT2D eigenvalue weighted by Crippen LogP contribution is 2.40. The molecule has 7 heteroatoms. The first-order valence-corrected chi connectivity index (χ1v) is 8.69. The first-order valence-electron chi connectivity index (χ1n) is 8.69. The summed E-state index contributed by atoms with van der Waals surface area (Å²) in [6.45, 7) is 3.54. The quantitative estimate of drug-likeness (QED) is 0.589. The number of aromatic nitrogens is 2. The summed E-state index contributed by atoms with van der Waals surface area (Å²) in [7, 11) is 1.85. The number of fused-ring (bicyclic) bond motifs is 1. The normalized spacial score (nSPS) is 13.4. The van der Waals surface area contributed by atoms with Gasteiger partial charge in [0.25, 0.3) is 0 Å². The Morgan fingerprint density at radius 2 is 2.12 bits per heavy atom. The summed E-state index contributed by atoms with van der Waals surface area (Å²) >= 11 is 0. The van der Waals surface area contributed by atoms with Gasteiger partial charge in [0.05, 0.1) is 4.92 Å². The molecule has 25 heavy (non-hydrogen) atoms. The molecule has 3 rings (SSSR count). The van der Waals surface area contributed by atoms with Crippen LogP contribution in [0.3, 0.4) is 0 Å². The van der Waals surface area contributed by atoms with E-state index in [4.69, 9.17) is 0 Å². The van der Waals surface area contributed by atoms with E-state index in [9.17, 15) is 10.1 Å². The largest absolute Gasteiger partial charge is 0.354 e. The van der Waals surface area contributed by atoms with Crippen molar-refractivity contribution in [2.45, 2.75) is 32.6 Å². The fraction of sp³-hybridized carbons (Fsp3) is 0.444. The lowest BCUT2D eigenvalue weighted by atomic mass is 10.0. The molecule has 1 aromatic heterocycles. The molecule has 1 aliphatic rings. The van der Waals surface area contributed by atoms with Crippen LogP contribution >= 0.6 is 0 Å². The van der Waals surface area contributed by atoms with E-state index in [1.807, 2.05) is 35.0 Å². The molecule has 0 N–H and O–H groups in total. The number of nitrogens with zero attached hydrogens (tertiary/aromatic N) is 5. The lowest BCUT2D eigenvalue weighted by Crippen LogP contribution is -2.28. The van der Waals surface area contributed by atoms with E-state index in [-0.39, 0.29) is 10.6 Å². The van der Waals surface area contributed by atoms with Gasteiger partial charge in [-0.2, -0.15) is 0 Å². The van der Waals surface area contributed by atoms with E-state index >= 15 is 0 Å². The number of unbranched alkanes of at least 4 members (excludes halogenated alkanes) is 1. The molecule has 7 nitrogen and oxygen atoms in total. The van der Waals surface area contributed by atoms with Gasteiger partial charge in [0.15, 0.2) is 0 Å². The molecule has 0 saturated carbocycles. The van der Waals surface area contributed by atoms with Crippen LogP contribution in [-0.4, -0.2) is 35.0 Å². The minimum Gasteiger partial charge on any atom is -0.354 e. The van der Waals surface area contributed by atoms with Crippen LogP contribution in [0.2, 0.25) is 0 Å². The van der Waals surface area contributed by atoms with Gasteiger partial charge in [-0.3, -0.25) is 10.1 Å². The van der Waals surface area contributed by atoms with Crippen LogP contribution in [0.15, 0.2) is 30.6 Å². The summed E-state index contributed by atoms with van der Waals surface area (Å²) in [6.07, 6.45) is 5.33. The second-order valence-corrected chi connectivity index (χ2v) is 6.29. The zero-order valence-corrected chi connectivity index (χ0v) is 14.7. The van der Waals surface area contributed by atoms with E-state index < -0.39 is 0 Å². The number of aryl methyl sites for hydroxylation is 1. The van der Waals surface area contributed by atoms with Crippen LogP contribution in [0.25, 0.3) is 0 Å². The third-order valence-electron chi connectivity index (χ3n) is 4.54. The van der Waals surface area contributed by atoms with Crippen molar-refractivity contribution in [3.05, 3.63) is 46.3 Å². The Labute approximate surface area is 147 Å². The third kappa shape index (κ3) is 3.40. The van der Waals surface area contributed by atoms with Crippen LogP contribution in [0, 0.1) is 10.1 Å². The summed E-state index contributed by atoms with van der Waals surface area (Å²) in [5.41, 5.74) is 2.18. The standard InChI is InChI=1S/C18H23N5O2/c1-3-4-11-21(2)17-16(23(24)25)18(20-13-19-17)22-12-7-9-14-8-5-6-10-15(14)22/h5-6,8,10,13H,3-4,7,9,11-12H2,1-2H3. The summed E-state index contributed by atoms with van der Waals surface area (Å²) in [5.74, 6) is 0.761. The smallest absolute Gasteiger partial charge is 0.353 e. The maximum absolute atomic E-state index is 11.8. The van der Waals surface area contributed by atoms with Gasteiger partial charge < -0.3 is 9.80 Å². The van der Waals surface area contributed by atoms with E-state index in [1.54, 1.807) is 0 Å². The molecule has 2 heterocycles. The lowest BCUT2D eigenvalue weighted by molar-refractivity contribution is -0.383. The molecule has 0 fully saturated rings. The van der Waals surface area contributed by atoms with Crippen LogP contribution in [0.5, 0.6) is 0 Å². The van der Waals surface area contributed by atoms with Crippen molar-refractivity contribution >= 4 is 23.0 Å². The maximum atomic E-state index is 11.8. The van der Waals surface area contributed by atoms with Gasteiger partial charge >= 0.3 is 5.69 Å². The van der Waals surface area contributed by atoms with Gasteiger partial charge in [0.2, 0.25) is 11.6 Å². The molecule has 0 spiro atoms. The summed E-state index contributed by atoms with van der Waals surface area (Å²) in [4.78, 5) is 23.8. The highest BCUT2D eigenvalue weighted by Gasteiger charge is 2.31. The Morgan fingerprint density at radius 3 is 2.88 bits per heavy atom. The minimum atomic E-state index is -0.357. The average Bonchev–Trinajstić information content (AvgIpc) is 2.64. The monoisotopic (exact) mass is 341 g/mol. The van der Waals surface area contributed by atoms with E-state index in [1.165, 1.54) is 11.9 Å². The number of benzene rings is 1. The Bertz CT molecular complexity index is 765. The van der Waals surface area contributed by atoms with Gasteiger partial charge in [0.1, 0.15) is 6.33 Å². The minimum absolute atomic E-state index is 0.0159. The Kier molecular flexibility index (Phi) is 5.11. The number of anilines is 3. The summed E-state index contributed by atoms with van der Waals surface area (Å²) in [6, 6.07) is 8.03. The zero-order chi connectivity index (χ0) is 17.8. The van der Waals surface area contributed by atoms with Crippen molar-refractivity contribution in [1.82, 2.24) is 9.97 Å². The molecule has 0 radical (unpaired) electrons. The predicted octanol–water partition coefficient (Wildman–Crippen LogP) is 3.71. The number of nitro groups is 1. The van der Waals surface area contributed by atoms with Gasteiger partial charge in [0, 0.05) is 25.8 Å². The van der Waals surface area contributed by atoms with Crippen LogP contribution in [0.4, 0.5) is 23.0 Å². The van der Waals surface area contributed by atoms with Crippen molar-refractivity contribution in [3.8, 4) is 0 Å². The van der Waals surface area contributed by atoms with Crippen molar-refractivity contribution < 1.29 is 4.92 Å². The highest BCUT2D eigenvalue weighted by atomic mass is 16.6. The first-order chi connectivity index (χ1) is 12.1. The van der Waals surface area contributed by atoms with Crippen molar-refractivity contribution in [3.63, 3.8) is 0 Å². The van der Waals surface area contributed by atoms with Crippen LogP contribution in [0.1, 0.15) is 31.7 Å². The van der Waals surface area contributed by atoms with E-state index in [2.05, 4.69) is 23.0 Å². The maximum Gasteiger partial charge on any atom is 0.353 e. The first kappa shape index (κ1) is 17.1. The van der Waals surface area contributed by atoms with E-state index in [0.29, 0.717) is 18.2 Å². The molecule has 0 unspecified atom stereocenters. The zero-order valence-electron chi connectivity index (χ0n) is 14.7. The molecule has 1 aromatic carbocycles. The van der Waals surface area contributed by atoms with Crippen molar-refractivity contribution in [2.75, 3.05) is 29.9 Å². The number of rotatable bonds is 6. The molecule has 132 valence electrons. The van der Waals surface area contributed by atoms with E-state index in [0.717, 1.165) is 37.9 Å².